The monoisotopic (exact) mass is 548 g/mol. The summed E-state index contributed by atoms with van der Waals surface area (Å²) in [6.07, 6.45) is 6.49. The number of rotatable bonds is 9. The van der Waals surface area contributed by atoms with Crippen molar-refractivity contribution in [2.45, 2.75) is 76.8 Å². The van der Waals surface area contributed by atoms with Gasteiger partial charge in [-0.2, -0.15) is 9.97 Å². The van der Waals surface area contributed by atoms with Gasteiger partial charge in [-0.3, -0.25) is 0 Å². The summed E-state index contributed by atoms with van der Waals surface area (Å²) in [5.41, 5.74) is -0.174. The Labute approximate surface area is 226 Å². The predicted molar refractivity (Wildman–Crippen MR) is 147 cm³/mol. The van der Waals surface area contributed by atoms with Crippen molar-refractivity contribution in [1.82, 2.24) is 14.9 Å². The standard InChI is InChI=1S/C28H42F2N4O3Si/c1-27(37-38(3,4)5)9-6-12-34(17-27)25-22-15-20(29)16-23(30)24(22)31-26(32-25)36-19-28(10-11-28)18-33-13-7-21(35-2)8-14-33/h15-16,21H,6-14,17-19H2,1-5H3/t27-/m1/s1. The smallest absolute Gasteiger partial charge is 0.319 e. The number of halogens is 2. The summed E-state index contributed by atoms with van der Waals surface area (Å²) >= 11 is 0. The van der Waals surface area contributed by atoms with E-state index >= 15 is 0 Å². The van der Waals surface area contributed by atoms with E-state index in [2.05, 4.69) is 41.3 Å². The highest BCUT2D eigenvalue weighted by Crippen LogP contribution is 2.47. The summed E-state index contributed by atoms with van der Waals surface area (Å²) in [5, 5.41) is 0.370. The number of benzene rings is 1. The van der Waals surface area contributed by atoms with Crippen molar-refractivity contribution in [2.75, 3.05) is 51.3 Å². The van der Waals surface area contributed by atoms with Crippen LogP contribution in [-0.2, 0) is 9.16 Å². The number of piperidine rings is 2. The fourth-order valence-electron chi connectivity index (χ4n) is 6.16. The topological polar surface area (TPSA) is 60.0 Å². The number of ether oxygens (including phenoxy) is 2. The predicted octanol–water partition coefficient (Wildman–Crippen LogP) is 5.39. The number of aromatic nitrogens is 2. The first-order chi connectivity index (χ1) is 18.0. The molecule has 0 bridgehead atoms. The van der Waals surface area contributed by atoms with Gasteiger partial charge in [0.1, 0.15) is 17.2 Å². The number of likely N-dealkylation sites (tertiary alicyclic amines) is 1. The number of fused-ring (bicyclic) bond motifs is 1. The van der Waals surface area contributed by atoms with Crippen LogP contribution in [0.3, 0.4) is 0 Å². The minimum atomic E-state index is -1.80. The minimum Gasteiger partial charge on any atom is -0.463 e. The molecule has 1 atom stereocenters. The van der Waals surface area contributed by atoms with E-state index in [1.807, 2.05) is 0 Å². The van der Waals surface area contributed by atoms with Crippen LogP contribution in [-0.4, -0.2) is 81.3 Å². The molecule has 1 aromatic carbocycles. The average Bonchev–Trinajstić information content (AvgIpc) is 3.61. The van der Waals surface area contributed by atoms with Crippen LogP contribution in [0.2, 0.25) is 19.6 Å². The van der Waals surface area contributed by atoms with Gasteiger partial charge in [0, 0.05) is 56.7 Å². The highest BCUT2D eigenvalue weighted by atomic mass is 28.4. The van der Waals surface area contributed by atoms with Crippen LogP contribution in [0.15, 0.2) is 12.1 Å². The maximum absolute atomic E-state index is 15.0. The molecule has 10 heteroatoms. The third-order valence-corrected chi connectivity index (χ3v) is 9.19. The molecule has 1 aromatic heterocycles. The molecule has 1 aliphatic carbocycles. The Balaban J connectivity index is 1.36. The molecule has 1 saturated carbocycles. The molecule has 0 N–H and O–H groups in total. The highest BCUT2D eigenvalue weighted by molar-refractivity contribution is 6.69. The first-order valence-electron chi connectivity index (χ1n) is 14.0. The maximum Gasteiger partial charge on any atom is 0.319 e. The fraction of sp³-hybridized carbons (Fsp3) is 0.714. The molecule has 2 saturated heterocycles. The van der Waals surface area contributed by atoms with Gasteiger partial charge in [-0.15, -0.1) is 0 Å². The third-order valence-electron chi connectivity index (χ3n) is 8.08. The summed E-state index contributed by atoms with van der Waals surface area (Å²) in [5.74, 6) is -0.824. The Hall–Kier alpha value is -1.88. The van der Waals surface area contributed by atoms with Gasteiger partial charge in [-0.05, 0) is 71.2 Å². The molecule has 0 spiro atoms. The molecule has 210 valence electrons. The van der Waals surface area contributed by atoms with Gasteiger partial charge in [0.25, 0.3) is 0 Å². The Kier molecular flexibility index (Phi) is 7.72. The molecule has 2 aliphatic heterocycles. The van der Waals surface area contributed by atoms with Gasteiger partial charge in [-0.25, -0.2) is 8.78 Å². The van der Waals surface area contributed by atoms with Crippen molar-refractivity contribution < 1.29 is 22.7 Å². The van der Waals surface area contributed by atoms with Crippen molar-refractivity contribution in [2.24, 2.45) is 5.41 Å². The van der Waals surface area contributed by atoms with Gasteiger partial charge in [-0.1, -0.05) is 0 Å². The highest BCUT2D eigenvalue weighted by Gasteiger charge is 2.45. The first-order valence-corrected chi connectivity index (χ1v) is 17.4. The molecule has 2 aromatic rings. The van der Waals surface area contributed by atoms with E-state index in [1.165, 1.54) is 6.07 Å². The zero-order chi connectivity index (χ0) is 27.1. The quantitative estimate of drug-likeness (QED) is 0.390. The largest absolute Gasteiger partial charge is 0.463 e. The minimum absolute atomic E-state index is 0.0780. The summed E-state index contributed by atoms with van der Waals surface area (Å²) in [6.45, 7) is 13.5. The number of nitrogens with zero attached hydrogens (tertiary/aromatic N) is 4. The first kappa shape index (κ1) is 27.7. The van der Waals surface area contributed by atoms with Crippen molar-refractivity contribution in [3.63, 3.8) is 0 Å². The molecule has 0 unspecified atom stereocenters. The van der Waals surface area contributed by atoms with E-state index in [-0.39, 0.29) is 22.5 Å². The molecule has 3 fully saturated rings. The molecular formula is C28H42F2N4O3Si. The van der Waals surface area contributed by atoms with Crippen LogP contribution in [0.1, 0.15) is 45.4 Å². The molecule has 0 amide bonds. The van der Waals surface area contributed by atoms with Crippen LogP contribution in [0.5, 0.6) is 6.01 Å². The lowest BCUT2D eigenvalue weighted by Crippen LogP contribution is -2.52. The number of hydrogen-bond acceptors (Lipinski definition) is 7. The summed E-state index contributed by atoms with van der Waals surface area (Å²) in [4.78, 5) is 13.7. The lowest BCUT2D eigenvalue weighted by atomic mass is 9.95. The van der Waals surface area contributed by atoms with Crippen LogP contribution >= 0.6 is 0 Å². The van der Waals surface area contributed by atoms with Gasteiger partial charge in [0.15, 0.2) is 14.1 Å². The SMILES string of the molecule is COC1CCN(CC2(COc3nc(N4CCC[C@@](C)(O[Si](C)(C)C)C4)c4cc(F)cc(F)c4n3)CC2)CC1. The Morgan fingerprint density at radius 1 is 1.05 bits per heavy atom. The maximum atomic E-state index is 15.0. The lowest BCUT2D eigenvalue weighted by molar-refractivity contribution is 0.0313. The van der Waals surface area contributed by atoms with E-state index in [4.69, 9.17) is 18.9 Å². The zero-order valence-corrected chi connectivity index (χ0v) is 24.5. The fourth-order valence-corrected chi connectivity index (χ4v) is 7.80. The van der Waals surface area contributed by atoms with Gasteiger partial charge in [0.05, 0.1) is 18.3 Å². The molecule has 0 radical (unpaired) electrons. The zero-order valence-electron chi connectivity index (χ0n) is 23.5. The second-order valence-corrected chi connectivity index (χ2v) is 17.2. The van der Waals surface area contributed by atoms with Crippen LogP contribution in [0.25, 0.3) is 10.9 Å². The van der Waals surface area contributed by atoms with E-state index in [0.717, 1.165) is 70.8 Å². The van der Waals surface area contributed by atoms with Crippen LogP contribution in [0.4, 0.5) is 14.6 Å². The van der Waals surface area contributed by atoms with Gasteiger partial charge in [0.2, 0.25) is 0 Å². The normalized spacial score (nSPS) is 24.7. The van der Waals surface area contributed by atoms with Crippen molar-refractivity contribution >= 4 is 25.0 Å². The summed E-state index contributed by atoms with van der Waals surface area (Å²) < 4.78 is 47.5. The van der Waals surface area contributed by atoms with Crippen molar-refractivity contribution in [1.29, 1.82) is 0 Å². The second kappa shape index (κ2) is 10.6. The van der Waals surface area contributed by atoms with Crippen LogP contribution in [0, 0.1) is 17.0 Å². The van der Waals surface area contributed by atoms with Crippen molar-refractivity contribution in [3.8, 4) is 6.01 Å². The Morgan fingerprint density at radius 3 is 2.45 bits per heavy atom. The molecule has 7 nitrogen and oxygen atoms in total. The van der Waals surface area contributed by atoms with E-state index in [9.17, 15) is 8.78 Å². The Morgan fingerprint density at radius 2 is 1.79 bits per heavy atom. The molecule has 3 aliphatic rings. The summed E-state index contributed by atoms with van der Waals surface area (Å²) in [7, 11) is -0.00968. The lowest BCUT2D eigenvalue weighted by Gasteiger charge is -2.44. The third kappa shape index (κ3) is 6.46. The molecule has 38 heavy (non-hydrogen) atoms. The molecule has 5 rings (SSSR count). The van der Waals surface area contributed by atoms with Gasteiger partial charge < -0.3 is 23.7 Å². The Bertz CT molecular complexity index is 1150. The second-order valence-electron chi connectivity index (χ2n) is 12.8. The molecular weight excluding hydrogens is 506 g/mol. The van der Waals surface area contributed by atoms with Crippen molar-refractivity contribution in [3.05, 3.63) is 23.8 Å². The van der Waals surface area contributed by atoms with Crippen LogP contribution < -0.4 is 9.64 Å². The summed E-state index contributed by atoms with van der Waals surface area (Å²) in [6, 6.07) is 2.36. The molecule has 3 heterocycles. The van der Waals surface area contributed by atoms with E-state index < -0.39 is 20.0 Å². The average molecular weight is 549 g/mol. The number of hydrogen-bond donors (Lipinski definition) is 0. The number of methoxy groups -OCH3 is 1. The van der Waals surface area contributed by atoms with E-state index in [0.29, 0.717) is 30.5 Å². The number of anilines is 1. The van der Waals surface area contributed by atoms with E-state index in [1.54, 1.807) is 7.11 Å². The van der Waals surface area contributed by atoms with Gasteiger partial charge >= 0.3 is 6.01 Å².